The predicted octanol–water partition coefficient (Wildman–Crippen LogP) is 2.35. The molecule has 2 rings (SSSR count). The molecule has 0 aromatic heterocycles. The van der Waals surface area contributed by atoms with Gasteiger partial charge in [-0.1, -0.05) is 13.8 Å². The van der Waals surface area contributed by atoms with Crippen LogP contribution < -0.4 is 5.32 Å². The zero-order chi connectivity index (χ0) is 12.3. The lowest BCUT2D eigenvalue weighted by Gasteiger charge is -2.48. The van der Waals surface area contributed by atoms with Crippen molar-refractivity contribution in [2.45, 2.75) is 63.6 Å². The molecule has 1 heterocycles. The highest BCUT2D eigenvalue weighted by atomic mass is 16.5. The minimum absolute atomic E-state index is 0.241. The Hall–Kier alpha value is -0.120. The van der Waals surface area contributed by atoms with Gasteiger partial charge in [-0.3, -0.25) is 0 Å². The minimum atomic E-state index is 0.241. The molecule has 0 radical (unpaired) electrons. The molecule has 1 spiro atoms. The van der Waals surface area contributed by atoms with Crippen molar-refractivity contribution in [3.05, 3.63) is 0 Å². The van der Waals surface area contributed by atoms with Crippen LogP contribution in [0.4, 0.5) is 0 Å². The number of nitrogens with one attached hydrogen (secondary N) is 1. The van der Waals surface area contributed by atoms with Crippen LogP contribution in [0.15, 0.2) is 0 Å². The molecule has 0 aromatic carbocycles. The molecule has 3 nitrogen and oxygen atoms in total. The average Bonchev–Trinajstić information content (AvgIpc) is 2.27. The maximum absolute atomic E-state index is 5.96. The first-order chi connectivity index (χ1) is 8.15. The Morgan fingerprint density at radius 3 is 2.71 bits per heavy atom. The number of hydrogen-bond acceptors (Lipinski definition) is 3. The standard InChI is InChI=1S/C14H27NO2/c1-11(2)13(10-16-3)15-12-5-8-17-14(9-12)6-4-7-14/h11-13,15H,4-10H2,1-3H3. The van der Waals surface area contributed by atoms with Crippen LogP contribution in [0.25, 0.3) is 0 Å². The largest absolute Gasteiger partial charge is 0.383 e. The summed E-state index contributed by atoms with van der Waals surface area (Å²) < 4.78 is 11.3. The molecule has 2 fully saturated rings. The highest BCUT2D eigenvalue weighted by molar-refractivity contribution is 4.96. The Balaban J connectivity index is 1.84. The molecule has 1 N–H and O–H groups in total. The molecule has 1 aliphatic carbocycles. The fraction of sp³-hybridized carbons (Fsp3) is 1.00. The lowest BCUT2D eigenvalue weighted by molar-refractivity contribution is -0.137. The molecule has 100 valence electrons. The van der Waals surface area contributed by atoms with Crippen LogP contribution in [-0.4, -0.2) is 38.0 Å². The van der Waals surface area contributed by atoms with Crippen molar-refractivity contribution in [3.63, 3.8) is 0 Å². The first kappa shape index (κ1) is 13.3. The van der Waals surface area contributed by atoms with Gasteiger partial charge in [-0.05, 0) is 38.0 Å². The number of rotatable bonds is 5. The molecular formula is C14H27NO2. The van der Waals surface area contributed by atoms with E-state index in [4.69, 9.17) is 9.47 Å². The van der Waals surface area contributed by atoms with Crippen molar-refractivity contribution < 1.29 is 9.47 Å². The summed E-state index contributed by atoms with van der Waals surface area (Å²) in [6.45, 7) is 6.25. The highest BCUT2D eigenvalue weighted by Crippen LogP contribution is 2.42. The third-order valence-corrected chi connectivity index (χ3v) is 4.36. The van der Waals surface area contributed by atoms with E-state index in [1.807, 2.05) is 0 Å². The zero-order valence-electron chi connectivity index (χ0n) is 11.5. The van der Waals surface area contributed by atoms with E-state index in [0.29, 0.717) is 18.0 Å². The van der Waals surface area contributed by atoms with Crippen molar-refractivity contribution in [3.8, 4) is 0 Å². The average molecular weight is 241 g/mol. The van der Waals surface area contributed by atoms with Gasteiger partial charge in [0.2, 0.25) is 0 Å². The van der Waals surface area contributed by atoms with Crippen LogP contribution in [0.1, 0.15) is 46.0 Å². The summed E-state index contributed by atoms with van der Waals surface area (Å²) >= 11 is 0. The summed E-state index contributed by atoms with van der Waals surface area (Å²) in [5.41, 5.74) is 0.241. The highest BCUT2D eigenvalue weighted by Gasteiger charge is 2.42. The predicted molar refractivity (Wildman–Crippen MR) is 69.2 cm³/mol. The Bertz CT molecular complexity index is 238. The zero-order valence-corrected chi connectivity index (χ0v) is 11.5. The van der Waals surface area contributed by atoms with Crippen LogP contribution in [-0.2, 0) is 9.47 Å². The van der Waals surface area contributed by atoms with Gasteiger partial charge in [-0.25, -0.2) is 0 Å². The maximum atomic E-state index is 5.96. The second-order valence-corrected chi connectivity index (χ2v) is 6.05. The van der Waals surface area contributed by atoms with E-state index < -0.39 is 0 Å². The summed E-state index contributed by atoms with van der Waals surface area (Å²) in [7, 11) is 1.79. The minimum Gasteiger partial charge on any atom is -0.383 e. The van der Waals surface area contributed by atoms with Gasteiger partial charge >= 0.3 is 0 Å². The van der Waals surface area contributed by atoms with Gasteiger partial charge in [-0.2, -0.15) is 0 Å². The lowest BCUT2D eigenvalue weighted by Crippen LogP contribution is -2.54. The van der Waals surface area contributed by atoms with E-state index >= 15 is 0 Å². The van der Waals surface area contributed by atoms with Crippen molar-refractivity contribution in [1.82, 2.24) is 5.32 Å². The summed E-state index contributed by atoms with van der Waals surface area (Å²) in [6.07, 6.45) is 6.22. The van der Waals surface area contributed by atoms with Gasteiger partial charge in [0.05, 0.1) is 12.2 Å². The van der Waals surface area contributed by atoms with E-state index in [1.54, 1.807) is 7.11 Å². The van der Waals surface area contributed by atoms with E-state index in [0.717, 1.165) is 19.6 Å². The molecule has 1 aliphatic heterocycles. The van der Waals surface area contributed by atoms with Gasteiger partial charge < -0.3 is 14.8 Å². The third-order valence-electron chi connectivity index (χ3n) is 4.36. The molecule has 0 bridgehead atoms. The normalized spacial score (nSPS) is 29.3. The Morgan fingerprint density at radius 1 is 1.41 bits per heavy atom. The van der Waals surface area contributed by atoms with Gasteiger partial charge in [-0.15, -0.1) is 0 Å². The second-order valence-electron chi connectivity index (χ2n) is 6.05. The van der Waals surface area contributed by atoms with Gasteiger partial charge in [0, 0.05) is 25.8 Å². The number of methoxy groups -OCH3 is 1. The topological polar surface area (TPSA) is 30.5 Å². The van der Waals surface area contributed by atoms with Gasteiger partial charge in [0.25, 0.3) is 0 Å². The summed E-state index contributed by atoms with van der Waals surface area (Å²) in [5, 5.41) is 3.77. The fourth-order valence-electron chi connectivity index (χ4n) is 3.00. The van der Waals surface area contributed by atoms with Gasteiger partial charge in [0.15, 0.2) is 0 Å². The van der Waals surface area contributed by atoms with Crippen LogP contribution in [0.2, 0.25) is 0 Å². The first-order valence-corrected chi connectivity index (χ1v) is 7.04. The second kappa shape index (κ2) is 5.68. The SMILES string of the molecule is COCC(NC1CCOC2(CCC2)C1)C(C)C. The van der Waals surface area contributed by atoms with E-state index in [2.05, 4.69) is 19.2 Å². The summed E-state index contributed by atoms with van der Waals surface area (Å²) in [4.78, 5) is 0. The number of hydrogen-bond donors (Lipinski definition) is 1. The van der Waals surface area contributed by atoms with E-state index in [-0.39, 0.29) is 5.60 Å². The Morgan fingerprint density at radius 2 is 2.18 bits per heavy atom. The van der Waals surface area contributed by atoms with Crippen LogP contribution in [0.3, 0.4) is 0 Å². The molecule has 0 aromatic rings. The molecule has 2 atom stereocenters. The molecule has 0 amide bonds. The molecule has 2 aliphatic rings. The van der Waals surface area contributed by atoms with Crippen LogP contribution in [0, 0.1) is 5.92 Å². The molecule has 1 saturated carbocycles. The molecule has 1 saturated heterocycles. The summed E-state index contributed by atoms with van der Waals surface area (Å²) in [6, 6.07) is 1.09. The van der Waals surface area contributed by atoms with Crippen molar-refractivity contribution in [2.24, 2.45) is 5.92 Å². The quantitative estimate of drug-likeness (QED) is 0.801. The summed E-state index contributed by atoms with van der Waals surface area (Å²) in [5.74, 6) is 0.620. The van der Waals surface area contributed by atoms with E-state index in [1.165, 1.54) is 25.7 Å². The Labute approximate surface area is 105 Å². The molecule has 3 heteroatoms. The fourth-order valence-corrected chi connectivity index (χ4v) is 3.00. The van der Waals surface area contributed by atoms with Crippen LogP contribution >= 0.6 is 0 Å². The molecule has 17 heavy (non-hydrogen) atoms. The maximum Gasteiger partial charge on any atom is 0.0697 e. The Kier molecular flexibility index (Phi) is 4.45. The smallest absolute Gasteiger partial charge is 0.0697 e. The van der Waals surface area contributed by atoms with Crippen molar-refractivity contribution in [1.29, 1.82) is 0 Å². The van der Waals surface area contributed by atoms with Crippen LogP contribution in [0.5, 0.6) is 0 Å². The lowest BCUT2D eigenvalue weighted by atomic mass is 9.73. The van der Waals surface area contributed by atoms with Gasteiger partial charge in [0.1, 0.15) is 0 Å². The number of ether oxygens (including phenoxy) is 2. The van der Waals surface area contributed by atoms with E-state index in [9.17, 15) is 0 Å². The third kappa shape index (κ3) is 3.21. The molecular weight excluding hydrogens is 214 g/mol. The van der Waals surface area contributed by atoms with Crippen molar-refractivity contribution in [2.75, 3.05) is 20.3 Å². The molecule has 2 unspecified atom stereocenters. The first-order valence-electron chi connectivity index (χ1n) is 7.04. The monoisotopic (exact) mass is 241 g/mol. The van der Waals surface area contributed by atoms with Crippen molar-refractivity contribution >= 4 is 0 Å².